The maximum absolute atomic E-state index is 12.1. The van der Waals surface area contributed by atoms with E-state index in [1.165, 1.54) is 6.08 Å². The number of nitrogens with one attached hydrogen (secondary N) is 1. The summed E-state index contributed by atoms with van der Waals surface area (Å²) in [6, 6.07) is 12.2. The van der Waals surface area contributed by atoms with E-state index in [9.17, 15) is 4.79 Å². The summed E-state index contributed by atoms with van der Waals surface area (Å²) >= 11 is 0. The summed E-state index contributed by atoms with van der Waals surface area (Å²) < 4.78 is 10.4. The van der Waals surface area contributed by atoms with Crippen molar-refractivity contribution in [3.8, 4) is 17.6 Å². The quantitative estimate of drug-likeness (QED) is 0.693. The highest BCUT2D eigenvalue weighted by Crippen LogP contribution is 2.34. The van der Waals surface area contributed by atoms with Gasteiger partial charge in [-0.2, -0.15) is 5.26 Å². The monoisotopic (exact) mass is 293 g/mol. The number of anilines is 1. The SMILES string of the molecule is N#C/C(=C\c1ccccn1)C(=O)Nc1ccc2c(c1)OCO2. The largest absolute Gasteiger partial charge is 0.454 e. The van der Waals surface area contributed by atoms with Crippen LogP contribution in [0, 0.1) is 11.3 Å². The van der Waals surface area contributed by atoms with Gasteiger partial charge in [0.25, 0.3) is 5.91 Å². The fourth-order valence-corrected chi connectivity index (χ4v) is 1.93. The van der Waals surface area contributed by atoms with Crippen molar-refractivity contribution in [2.45, 2.75) is 0 Å². The molecular weight excluding hydrogens is 282 g/mol. The number of nitriles is 1. The van der Waals surface area contributed by atoms with Gasteiger partial charge in [-0.3, -0.25) is 9.78 Å². The summed E-state index contributed by atoms with van der Waals surface area (Å²) in [7, 11) is 0. The molecule has 0 spiro atoms. The molecule has 0 unspecified atom stereocenters. The van der Waals surface area contributed by atoms with E-state index < -0.39 is 5.91 Å². The van der Waals surface area contributed by atoms with Gasteiger partial charge in [-0.05, 0) is 30.3 Å². The standard InChI is InChI=1S/C16H11N3O3/c17-9-11(7-12-3-1-2-6-18-12)16(20)19-13-4-5-14-15(8-13)22-10-21-14/h1-8H,10H2,(H,19,20)/b11-7+. The maximum atomic E-state index is 12.1. The third kappa shape index (κ3) is 2.88. The summed E-state index contributed by atoms with van der Waals surface area (Å²) in [5.41, 5.74) is 1.03. The van der Waals surface area contributed by atoms with Crippen molar-refractivity contribution >= 4 is 17.7 Å². The minimum atomic E-state index is -0.507. The molecule has 1 aliphatic heterocycles. The van der Waals surface area contributed by atoms with Gasteiger partial charge < -0.3 is 14.8 Å². The lowest BCUT2D eigenvalue weighted by atomic mass is 10.2. The molecule has 1 N–H and O–H groups in total. The molecule has 3 rings (SSSR count). The second-order valence-electron chi connectivity index (χ2n) is 4.45. The first kappa shape index (κ1) is 13.6. The Labute approximate surface area is 126 Å². The molecule has 0 saturated carbocycles. The van der Waals surface area contributed by atoms with Crippen LogP contribution in [-0.4, -0.2) is 17.7 Å². The number of nitrogens with zero attached hydrogens (tertiary/aromatic N) is 2. The first-order chi connectivity index (χ1) is 10.8. The minimum absolute atomic E-state index is 0.0311. The van der Waals surface area contributed by atoms with Crippen LogP contribution in [0.15, 0.2) is 48.2 Å². The van der Waals surface area contributed by atoms with Crippen molar-refractivity contribution in [2.24, 2.45) is 0 Å². The predicted molar refractivity (Wildman–Crippen MR) is 79.0 cm³/mol. The van der Waals surface area contributed by atoms with Crippen LogP contribution in [0.4, 0.5) is 5.69 Å². The average Bonchev–Trinajstić information content (AvgIpc) is 3.01. The van der Waals surface area contributed by atoms with Crippen LogP contribution in [-0.2, 0) is 4.79 Å². The molecule has 2 heterocycles. The zero-order chi connectivity index (χ0) is 15.4. The average molecular weight is 293 g/mol. The second kappa shape index (κ2) is 5.97. The number of carbonyl (C=O) groups excluding carboxylic acids is 1. The van der Waals surface area contributed by atoms with E-state index in [-0.39, 0.29) is 12.4 Å². The van der Waals surface area contributed by atoms with E-state index >= 15 is 0 Å². The smallest absolute Gasteiger partial charge is 0.266 e. The lowest BCUT2D eigenvalue weighted by Crippen LogP contribution is -2.13. The highest BCUT2D eigenvalue weighted by atomic mass is 16.7. The van der Waals surface area contributed by atoms with Gasteiger partial charge in [-0.15, -0.1) is 0 Å². The Morgan fingerprint density at radius 1 is 1.27 bits per heavy atom. The number of rotatable bonds is 3. The summed E-state index contributed by atoms with van der Waals surface area (Å²) in [6.45, 7) is 0.162. The van der Waals surface area contributed by atoms with Crippen molar-refractivity contribution in [1.82, 2.24) is 4.98 Å². The number of carbonyl (C=O) groups is 1. The van der Waals surface area contributed by atoms with Crippen molar-refractivity contribution in [2.75, 3.05) is 12.1 Å². The molecule has 2 aromatic rings. The molecule has 0 atom stereocenters. The predicted octanol–water partition coefficient (Wildman–Crippen LogP) is 2.36. The Balaban J connectivity index is 1.78. The van der Waals surface area contributed by atoms with E-state index in [0.29, 0.717) is 22.9 Å². The number of benzene rings is 1. The fraction of sp³-hybridized carbons (Fsp3) is 0.0625. The normalized spacial score (nSPS) is 12.6. The van der Waals surface area contributed by atoms with E-state index in [1.54, 1.807) is 42.6 Å². The molecule has 0 aliphatic carbocycles. The molecule has 6 heteroatoms. The Morgan fingerprint density at radius 2 is 2.14 bits per heavy atom. The number of ether oxygens (including phenoxy) is 2. The molecule has 1 aromatic heterocycles. The first-order valence-corrected chi connectivity index (χ1v) is 6.50. The highest BCUT2D eigenvalue weighted by Gasteiger charge is 2.15. The van der Waals surface area contributed by atoms with Crippen molar-refractivity contribution in [1.29, 1.82) is 5.26 Å². The summed E-state index contributed by atoms with van der Waals surface area (Å²) in [5.74, 6) is 0.680. The van der Waals surface area contributed by atoms with Crippen molar-refractivity contribution in [3.05, 3.63) is 53.9 Å². The van der Waals surface area contributed by atoms with Crippen molar-refractivity contribution in [3.63, 3.8) is 0 Å². The van der Waals surface area contributed by atoms with Crippen LogP contribution < -0.4 is 14.8 Å². The molecule has 1 aliphatic rings. The summed E-state index contributed by atoms with van der Waals surface area (Å²) in [4.78, 5) is 16.2. The van der Waals surface area contributed by atoms with Gasteiger partial charge in [0.05, 0.1) is 5.69 Å². The Kier molecular flexibility index (Phi) is 3.70. The van der Waals surface area contributed by atoms with Crippen molar-refractivity contribution < 1.29 is 14.3 Å². The van der Waals surface area contributed by atoms with E-state index in [1.807, 2.05) is 6.07 Å². The van der Waals surface area contributed by atoms with Crippen LogP contribution in [0.3, 0.4) is 0 Å². The van der Waals surface area contributed by atoms with E-state index in [4.69, 9.17) is 14.7 Å². The Bertz CT molecular complexity index is 779. The zero-order valence-corrected chi connectivity index (χ0v) is 11.4. The van der Waals surface area contributed by atoms with Gasteiger partial charge >= 0.3 is 0 Å². The van der Waals surface area contributed by atoms with Crippen LogP contribution >= 0.6 is 0 Å². The number of aromatic nitrogens is 1. The number of hydrogen-bond donors (Lipinski definition) is 1. The van der Waals surface area contributed by atoms with Crippen LogP contribution in [0.5, 0.6) is 11.5 Å². The van der Waals surface area contributed by atoms with Crippen LogP contribution in [0.1, 0.15) is 5.69 Å². The second-order valence-corrected chi connectivity index (χ2v) is 4.45. The van der Waals surface area contributed by atoms with Gasteiger partial charge in [0.1, 0.15) is 11.6 Å². The molecule has 0 saturated heterocycles. The lowest BCUT2D eigenvalue weighted by Gasteiger charge is -2.05. The third-order valence-electron chi connectivity index (χ3n) is 2.98. The summed E-state index contributed by atoms with van der Waals surface area (Å²) in [6.07, 6.45) is 3.03. The molecule has 0 bridgehead atoms. The molecule has 0 fully saturated rings. The third-order valence-corrected chi connectivity index (χ3v) is 2.98. The van der Waals surface area contributed by atoms with Crippen LogP contribution in [0.25, 0.3) is 6.08 Å². The summed E-state index contributed by atoms with van der Waals surface area (Å²) in [5, 5.41) is 11.8. The van der Waals surface area contributed by atoms with Gasteiger partial charge in [-0.1, -0.05) is 6.07 Å². The first-order valence-electron chi connectivity index (χ1n) is 6.50. The van der Waals surface area contributed by atoms with Gasteiger partial charge in [0.15, 0.2) is 11.5 Å². The van der Waals surface area contributed by atoms with Gasteiger partial charge in [-0.25, -0.2) is 0 Å². The van der Waals surface area contributed by atoms with Gasteiger partial charge in [0.2, 0.25) is 6.79 Å². The van der Waals surface area contributed by atoms with E-state index in [2.05, 4.69) is 10.3 Å². The lowest BCUT2D eigenvalue weighted by molar-refractivity contribution is -0.112. The van der Waals surface area contributed by atoms with Crippen LogP contribution in [0.2, 0.25) is 0 Å². The topological polar surface area (TPSA) is 84.2 Å². The maximum Gasteiger partial charge on any atom is 0.266 e. The Morgan fingerprint density at radius 3 is 2.91 bits per heavy atom. The molecule has 1 amide bonds. The number of amides is 1. The minimum Gasteiger partial charge on any atom is -0.454 e. The fourth-order valence-electron chi connectivity index (χ4n) is 1.93. The Hall–Kier alpha value is -3.33. The molecule has 1 aromatic carbocycles. The number of fused-ring (bicyclic) bond motifs is 1. The molecule has 22 heavy (non-hydrogen) atoms. The van der Waals surface area contributed by atoms with E-state index in [0.717, 1.165) is 0 Å². The highest BCUT2D eigenvalue weighted by molar-refractivity contribution is 6.09. The number of hydrogen-bond acceptors (Lipinski definition) is 5. The van der Waals surface area contributed by atoms with Gasteiger partial charge in [0, 0.05) is 18.0 Å². The molecule has 108 valence electrons. The molecule has 0 radical (unpaired) electrons. The molecular formula is C16H11N3O3. The number of pyridine rings is 1. The molecule has 6 nitrogen and oxygen atoms in total. The zero-order valence-electron chi connectivity index (χ0n) is 11.4.